The van der Waals surface area contributed by atoms with Crippen molar-refractivity contribution in [1.29, 1.82) is 0 Å². The van der Waals surface area contributed by atoms with E-state index in [1.165, 1.54) is 12.1 Å². The molecule has 82 valence electrons. The van der Waals surface area contributed by atoms with E-state index in [1.54, 1.807) is 12.1 Å². The lowest BCUT2D eigenvalue weighted by atomic mass is 10.2. The highest BCUT2D eigenvalue weighted by atomic mass is 32.2. The lowest BCUT2D eigenvalue weighted by Crippen LogP contribution is -2.02. The summed E-state index contributed by atoms with van der Waals surface area (Å²) in [5.74, 6) is -0.703. The molecule has 1 aromatic rings. The molecule has 1 rings (SSSR count). The van der Waals surface area contributed by atoms with Crippen LogP contribution in [0.4, 0.5) is 4.39 Å². The normalized spacial score (nSPS) is 12.6. The van der Waals surface area contributed by atoms with Crippen molar-refractivity contribution < 1.29 is 17.0 Å². The van der Waals surface area contributed by atoms with E-state index < -0.39 is 15.9 Å². The summed E-state index contributed by atoms with van der Waals surface area (Å²) in [6.07, 6.45) is 0.565. The highest BCUT2D eigenvalue weighted by Gasteiger charge is 2.13. The molecule has 0 aliphatic rings. The van der Waals surface area contributed by atoms with Gasteiger partial charge in [0.2, 0.25) is 0 Å². The predicted molar refractivity (Wildman–Crippen MR) is 54.3 cm³/mol. The standard InChI is InChI=1S/C10H11FO3S/c1-8-3-5-10(6-4-8)15(12,13)14-7-9(2)11/h3-7H,1-2H3/b9-7-. The average molecular weight is 230 g/mol. The van der Waals surface area contributed by atoms with E-state index in [0.717, 1.165) is 12.5 Å². The first-order valence-corrected chi connectivity index (χ1v) is 5.65. The Morgan fingerprint density at radius 3 is 2.33 bits per heavy atom. The molecule has 0 radical (unpaired) electrons. The monoisotopic (exact) mass is 230 g/mol. The molecule has 0 fully saturated rings. The van der Waals surface area contributed by atoms with E-state index in [1.807, 2.05) is 6.92 Å². The van der Waals surface area contributed by atoms with Gasteiger partial charge in [-0.2, -0.15) is 8.42 Å². The van der Waals surface area contributed by atoms with Crippen molar-refractivity contribution in [1.82, 2.24) is 0 Å². The van der Waals surface area contributed by atoms with Crippen LogP contribution in [0.2, 0.25) is 0 Å². The largest absolute Gasteiger partial charge is 0.384 e. The average Bonchev–Trinajstić information content (AvgIpc) is 2.16. The molecule has 0 aliphatic heterocycles. The van der Waals surface area contributed by atoms with Gasteiger partial charge in [-0.3, -0.25) is 0 Å². The van der Waals surface area contributed by atoms with Gasteiger partial charge in [-0.15, -0.1) is 0 Å². The van der Waals surface area contributed by atoms with E-state index in [-0.39, 0.29) is 4.90 Å². The van der Waals surface area contributed by atoms with Crippen LogP contribution in [0.5, 0.6) is 0 Å². The molecule has 0 bridgehead atoms. The Kier molecular flexibility index (Phi) is 3.47. The van der Waals surface area contributed by atoms with E-state index in [9.17, 15) is 12.8 Å². The van der Waals surface area contributed by atoms with Gasteiger partial charge in [0, 0.05) is 0 Å². The topological polar surface area (TPSA) is 43.4 Å². The smallest absolute Gasteiger partial charge is 0.338 e. The molecule has 5 heteroatoms. The van der Waals surface area contributed by atoms with Gasteiger partial charge in [-0.05, 0) is 26.0 Å². The molecule has 0 atom stereocenters. The summed E-state index contributed by atoms with van der Waals surface area (Å²) in [5, 5.41) is 0. The van der Waals surface area contributed by atoms with Gasteiger partial charge >= 0.3 is 10.1 Å². The molecule has 15 heavy (non-hydrogen) atoms. The van der Waals surface area contributed by atoms with Crippen molar-refractivity contribution in [3.8, 4) is 0 Å². The third kappa shape index (κ3) is 3.36. The van der Waals surface area contributed by atoms with Crippen molar-refractivity contribution in [2.45, 2.75) is 18.7 Å². The highest BCUT2D eigenvalue weighted by molar-refractivity contribution is 7.86. The second-order valence-electron chi connectivity index (χ2n) is 3.07. The van der Waals surface area contributed by atoms with Crippen LogP contribution in [0, 0.1) is 6.92 Å². The quantitative estimate of drug-likeness (QED) is 0.592. The first-order chi connectivity index (χ1) is 6.92. The van der Waals surface area contributed by atoms with Crippen LogP contribution < -0.4 is 0 Å². The second-order valence-corrected chi connectivity index (χ2v) is 4.64. The molecule has 1 aromatic carbocycles. The highest BCUT2D eigenvalue weighted by Crippen LogP contribution is 2.14. The number of hydrogen-bond donors (Lipinski definition) is 0. The van der Waals surface area contributed by atoms with Crippen LogP contribution in [0.25, 0.3) is 0 Å². The van der Waals surface area contributed by atoms with Gasteiger partial charge < -0.3 is 4.18 Å². The zero-order valence-corrected chi connectivity index (χ0v) is 9.21. The summed E-state index contributed by atoms with van der Waals surface area (Å²) in [6, 6.07) is 6.10. The maximum Gasteiger partial charge on any atom is 0.338 e. The number of rotatable bonds is 3. The number of halogens is 1. The van der Waals surface area contributed by atoms with Crippen LogP contribution in [-0.4, -0.2) is 8.42 Å². The molecule has 0 amide bonds. The van der Waals surface area contributed by atoms with Gasteiger partial charge in [0.25, 0.3) is 0 Å². The molecule has 0 heterocycles. The van der Waals surface area contributed by atoms with Crippen LogP contribution in [0.15, 0.2) is 41.2 Å². The Morgan fingerprint density at radius 2 is 1.87 bits per heavy atom. The number of aryl methyl sites for hydroxylation is 1. The van der Waals surface area contributed by atoms with E-state index in [4.69, 9.17) is 0 Å². The second kappa shape index (κ2) is 4.44. The summed E-state index contributed by atoms with van der Waals surface area (Å²) >= 11 is 0. The third-order valence-corrected chi connectivity index (χ3v) is 2.85. The summed E-state index contributed by atoms with van der Waals surface area (Å²) in [5.41, 5.74) is 0.936. The zero-order valence-electron chi connectivity index (χ0n) is 8.40. The maximum atomic E-state index is 12.3. The van der Waals surface area contributed by atoms with Gasteiger partial charge in [-0.25, -0.2) is 4.39 Å². The summed E-state index contributed by atoms with van der Waals surface area (Å²) < 4.78 is 39.5. The molecular weight excluding hydrogens is 219 g/mol. The fraction of sp³-hybridized carbons (Fsp3) is 0.200. The lowest BCUT2D eigenvalue weighted by Gasteiger charge is -2.02. The van der Waals surface area contributed by atoms with Crippen molar-refractivity contribution in [3.05, 3.63) is 41.9 Å². The summed E-state index contributed by atoms with van der Waals surface area (Å²) in [4.78, 5) is 0.00519. The third-order valence-electron chi connectivity index (χ3n) is 1.65. The molecule has 0 unspecified atom stereocenters. The van der Waals surface area contributed by atoms with Crippen molar-refractivity contribution in [2.75, 3.05) is 0 Å². The van der Waals surface area contributed by atoms with Crippen LogP contribution in [-0.2, 0) is 14.3 Å². The van der Waals surface area contributed by atoms with Gasteiger partial charge in [0.1, 0.15) is 17.0 Å². The maximum absolute atomic E-state index is 12.3. The molecule has 0 spiro atoms. The fourth-order valence-electron chi connectivity index (χ4n) is 0.890. The minimum Gasteiger partial charge on any atom is -0.384 e. The van der Waals surface area contributed by atoms with Crippen molar-refractivity contribution in [2.24, 2.45) is 0 Å². The first-order valence-electron chi connectivity index (χ1n) is 4.24. The minimum atomic E-state index is -3.89. The Labute approximate surface area is 88.3 Å². The van der Waals surface area contributed by atoms with Gasteiger partial charge in [0.15, 0.2) is 0 Å². The predicted octanol–water partition coefficient (Wildman–Crippen LogP) is 2.53. The van der Waals surface area contributed by atoms with E-state index in [0.29, 0.717) is 6.26 Å². The fourth-order valence-corrected chi connectivity index (χ4v) is 1.73. The van der Waals surface area contributed by atoms with Crippen molar-refractivity contribution in [3.63, 3.8) is 0 Å². The lowest BCUT2D eigenvalue weighted by molar-refractivity contribution is 0.426. The number of allylic oxidation sites excluding steroid dienone is 1. The molecule has 0 N–H and O–H groups in total. The molecule has 3 nitrogen and oxygen atoms in total. The Balaban J connectivity index is 2.97. The minimum absolute atomic E-state index is 0.00519. The molecule has 0 aliphatic carbocycles. The first kappa shape index (κ1) is 11.7. The molecular formula is C10H11FO3S. The number of benzene rings is 1. The Hall–Kier alpha value is -1.36. The summed E-state index contributed by atoms with van der Waals surface area (Å²) in [7, 11) is -3.89. The molecule has 0 aromatic heterocycles. The van der Waals surface area contributed by atoms with Gasteiger partial charge in [0.05, 0.1) is 0 Å². The van der Waals surface area contributed by atoms with Crippen molar-refractivity contribution >= 4 is 10.1 Å². The molecule has 0 saturated heterocycles. The SMILES string of the molecule is C/C(F)=C/OS(=O)(=O)c1ccc(C)cc1. The van der Waals surface area contributed by atoms with Gasteiger partial charge in [-0.1, -0.05) is 17.7 Å². The van der Waals surface area contributed by atoms with E-state index >= 15 is 0 Å². The Bertz CT molecular complexity index is 456. The van der Waals surface area contributed by atoms with E-state index in [2.05, 4.69) is 4.18 Å². The number of hydrogen-bond acceptors (Lipinski definition) is 3. The van der Waals surface area contributed by atoms with Crippen LogP contribution in [0.3, 0.4) is 0 Å². The Morgan fingerprint density at radius 1 is 1.33 bits per heavy atom. The summed E-state index contributed by atoms with van der Waals surface area (Å²) in [6.45, 7) is 2.94. The van der Waals surface area contributed by atoms with Crippen LogP contribution in [0.1, 0.15) is 12.5 Å². The zero-order chi connectivity index (χ0) is 11.5. The van der Waals surface area contributed by atoms with Crippen LogP contribution >= 0.6 is 0 Å². The molecule has 0 saturated carbocycles.